The number of carbonyl (C=O) groups excluding carboxylic acids is 3. The van der Waals surface area contributed by atoms with Crippen molar-refractivity contribution in [3.63, 3.8) is 0 Å². The third kappa shape index (κ3) is 3.14. The van der Waals surface area contributed by atoms with Crippen LogP contribution in [0, 0.1) is 0 Å². The number of rotatable bonds is 3. The fourth-order valence-electron chi connectivity index (χ4n) is 4.73. The number of hydrogen-bond acceptors (Lipinski definition) is 6. The van der Waals surface area contributed by atoms with Crippen LogP contribution < -0.4 is 5.01 Å². The summed E-state index contributed by atoms with van der Waals surface area (Å²) in [5.74, 6) is -0.0815. The number of hydrazine groups is 1. The number of anilines is 2. The summed E-state index contributed by atoms with van der Waals surface area (Å²) >= 11 is 0. The van der Waals surface area contributed by atoms with E-state index < -0.39 is 0 Å². The first kappa shape index (κ1) is 20.9. The highest BCUT2D eigenvalue weighted by Crippen LogP contribution is 2.50. The van der Waals surface area contributed by atoms with Crippen LogP contribution >= 0.6 is 0 Å². The number of fused-ring (bicyclic) bond motifs is 4. The molecular weight excluding hydrogens is 440 g/mol. The normalized spacial score (nSPS) is 17.2. The number of nitrogens with zero attached hydrogens (tertiary/aromatic N) is 2. The molecule has 35 heavy (non-hydrogen) atoms. The second kappa shape index (κ2) is 7.95. The minimum Gasteiger partial charge on any atom is -0.433 e. The van der Waals surface area contributed by atoms with Crippen LogP contribution in [-0.2, 0) is 4.79 Å². The fourth-order valence-corrected chi connectivity index (χ4v) is 4.73. The highest BCUT2D eigenvalue weighted by atomic mass is 16.4. The lowest BCUT2D eigenvalue weighted by Gasteiger charge is -2.31. The van der Waals surface area contributed by atoms with Crippen molar-refractivity contribution in [1.29, 1.82) is 0 Å². The number of para-hydroxylation sites is 1. The number of benzene rings is 2. The lowest BCUT2D eigenvalue weighted by molar-refractivity contribution is -0.110. The molecule has 2 aromatic carbocycles. The molecule has 6 nitrogen and oxygen atoms in total. The van der Waals surface area contributed by atoms with Crippen LogP contribution in [-0.4, -0.2) is 28.9 Å². The Morgan fingerprint density at radius 1 is 0.771 bits per heavy atom. The molecule has 0 saturated heterocycles. The Balaban J connectivity index is 1.59. The minimum atomic E-state index is -0.296. The van der Waals surface area contributed by atoms with Gasteiger partial charge in [-0.05, 0) is 42.9 Å². The van der Waals surface area contributed by atoms with E-state index in [0.29, 0.717) is 29.1 Å². The lowest BCUT2D eigenvalue weighted by atomic mass is 9.86. The number of hydrogen-bond donors (Lipinski definition) is 0. The molecule has 0 spiro atoms. The Bertz CT molecular complexity index is 1520. The summed E-state index contributed by atoms with van der Waals surface area (Å²) in [6, 6.07) is 16.5. The standard InChI is InChI=1S/C29H20N2O4/c1-2-30-23(17-14-18-12-15-20(32)16-13-18)24-25-26(33)21-10-6-7-11-22(21)27(34)28(25)35-29(24)31(30)19-8-4-3-5-9-19/h3-17H,2H2,1H3. The topological polar surface area (TPSA) is 70.8 Å². The second-order valence-corrected chi connectivity index (χ2v) is 8.34. The molecule has 0 atom stereocenters. The maximum absolute atomic E-state index is 13.6. The Kier molecular flexibility index (Phi) is 4.74. The maximum atomic E-state index is 13.6. The molecule has 1 aliphatic heterocycles. The summed E-state index contributed by atoms with van der Waals surface area (Å²) in [4.78, 5) is 38.5. The zero-order valence-electron chi connectivity index (χ0n) is 18.9. The Morgan fingerprint density at radius 2 is 1.43 bits per heavy atom. The van der Waals surface area contributed by atoms with Gasteiger partial charge < -0.3 is 4.42 Å². The van der Waals surface area contributed by atoms with Gasteiger partial charge in [-0.2, -0.15) is 0 Å². The van der Waals surface area contributed by atoms with Gasteiger partial charge in [-0.3, -0.25) is 19.4 Å². The molecule has 2 aliphatic carbocycles. The highest BCUT2D eigenvalue weighted by molar-refractivity contribution is 6.29. The van der Waals surface area contributed by atoms with Crippen LogP contribution in [0.5, 0.6) is 0 Å². The Morgan fingerprint density at radius 3 is 2.11 bits per heavy atom. The zero-order valence-corrected chi connectivity index (χ0v) is 18.9. The quantitative estimate of drug-likeness (QED) is 0.407. The Hall–Kier alpha value is -4.71. The number of ketones is 3. The lowest BCUT2D eigenvalue weighted by Crippen LogP contribution is -2.33. The number of carbonyl (C=O) groups is 3. The van der Waals surface area contributed by atoms with Gasteiger partial charge in [-0.25, -0.2) is 5.01 Å². The van der Waals surface area contributed by atoms with Gasteiger partial charge in [0, 0.05) is 17.7 Å². The van der Waals surface area contributed by atoms with E-state index in [2.05, 4.69) is 0 Å². The smallest absolute Gasteiger partial charge is 0.229 e. The molecule has 1 aromatic heterocycles. The van der Waals surface area contributed by atoms with Crippen molar-refractivity contribution in [2.24, 2.45) is 0 Å². The fraction of sp³-hybridized carbons (Fsp3) is 0.0690. The summed E-state index contributed by atoms with van der Waals surface area (Å²) in [5.41, 5.74) is 4.04. The van der Waals surface area contributed by atoms with Crippen LogP contribution in [0.3, 0.4) is 0 Å². The van der Waals surface area contributed by atoms with E-state index in [1.54, 1.807) is 36.4 Å². The van der Waals surface area contributed by atoms with Gasteiger partial charge in [0.2, 0.25) is 11.7 Å². The van der Waals surface area contributed by atoms with Crippen LogP contribution in [0.15, 0.2) is 101 Å². The largest absolute Gasteiger partial charge is 0.433 e. The van der Waals surface area contributed by atoms with Gasteiger partial charge in [0.25, 0.3) is 0 Å². The third-order valence-electron chi connectivity index (χ3n) is 6.32. The molecule has 3 aromatic rings. The van der Waals surface area contributed by atoms with E-state index in [-0.39, 0.29) is 28.7 Å². The minimum absolute atomic E-state index is 0.0601. The van der Waals surface area contributed by atoms with Crippen LogP contribution in [0.4, 0.5) is 11.6 Å². The zero-order chi connectivity index (χ0) is 24.1. The summed E-state index contributed by atoms with van der Waals surface area (Å²) in [5, 5.41) is 3.92. The van der Waals surface area contributed by atoms with E-state index in [1.807, 2.05) is 59.4 Å². The highest BCUT2D eigenvalue weighted by Gasteiger charge is 2.45. The van der Waals surface area contributed by atoms with Crippen LogP contribution in [0.25, 0.3) is 5.70 Å². The van der Waals surface area contributed by atoms with Crippen molar-refractivity contribution in [3.05, 3.63) is 125 Å². The van der Waals surface area contributed by atoms with Gasteiger partial charge in [0.05, 0.1) is 22.5 Å². The van der Waals surface area contributed by atoms with E-state index in [9.17, 15) is 14.4 Å². The second-order valence-electron chi connectivity index (χ2n) is 8.34. The van der Waals surface area contributed by atoms with E-state index in [0.717, 1.165) is 17.0 Å². The average molecular weight is 460 g/mol. The number of allylic oxidation sites excluding steroid dienone is 7. The summed E-state index contributed by atoms with van der Waals surface area (Å²) in [6.45, 7) is 2.60. The molecule has 3 aliphatic rings. The Labute approximate surface area is 201 Å². The molecule has 170 valence electrons. The predicted octanol–water partition coefficient (Wildman–Crippen LogP) is 5.41. The molecular formula is C29H20N2O4. The van der Waals surface area contributed by atoms with Crippen LogP contribution in [0.1, 0.15) is 44.5 Å². The van der Waals surface area contributed by atoms with Crippen molar-refractivity contribution in [3.8, 4) is 0 Å². The van der Waals surface area contributed by atoms with Crippen LogP contribution in [0.2, 0.25) is 0 Å². The van der Waals surface area contributed by atoms with Gasteiger partial charge in [-0.1, -0.05) is 60.7 Å². The first-order valence-electron chi connectivity index (χ1n) is 11.4. The van der Waals surface area contributed by atoms with Crippen molar-refractivity contribution in [2.75, 3.05) is 11.6 Å². The van der Waals surface area contributed by atoms with Crippen molar-refractivity contribution >= 4 is 34.6 Å². The van der Waals surface area contributed by atoms with E-state index in [1.165, 1.54) is 12.2 Å². The molecule has 0 fully saturated rings. The SMILES string of the molecule is CCN1C(=CC=C2C=CC(=O)C=C2)c2c(oc3c2C(=O)c2ccccc2C3=O)N1c1ccccc1. The number of furan rings is 1. The van der Waals surface area contributed by atoms with E-state index in [4.69, 9.17) is 4.42 Å². The molecule has 0 radical (unpaired) electrons. The molecule has 6 heteroatoms. The van der Waals surface area contributed by atoms with Gasteiger partial charge in [-0.15, -0.1) is 0 Å². The molecule has 0 amide bonds. The molecule has 2 heterocycles. The molecule has 0 N–H and O–H groups in total. The van der Waals surface area contributed by atoms with Gasteiger partial charge in [0.15, 0.2) is 17.3 Å². The molecule has 0 bridgehead atoms. The maximum Gasteiger partial charge on any atom is 0.229 e. The third-order valence-corrected chi connectivity index (χ3v) is 6.32. The summed E-state index contributed by atoms with van der Waals surface area (Å²) < 4.78 is 6.20. The molecule has 0 saturated carbocycles. The predicted molar refractivity (Wildman–Crippen MR) is 132 cm³/mol. The monoisotopic (exact) mass is 460 g/mol. The van der Waals surface area contributed by atoms with Gasteiger partial charge in [0.1, 0.15) is 0 Å². The van der Waals surface area contributed by atoms with E-state index >= 15 is 0 Å². The molecule has 6 rings (SSSR count). The van der Waals surface area contributed by atoms with Crippen molar-refractivity contribution < 1.29 is 18.8 Å². The summed E-state index contributed by atoms with van der Waals surface area (Å²) in [6.07, 6.45) is 10.3. The first-order chi connectivity index (χ1) is 17.1. The van der Waals surface area contributed by atoms with Crippen molar-refractivity contribution in [2.45, 2.75) is 6.92 Å². The van der Waals surface area contributed by atoms with Crippen molar-refractivity contribution in [1.82, 2.24) is 5.01 Å². The molecule has 0 unspecified atom stereocenters. The summed E-state index contributed by atoms with van der Waals surface area (Å²) in [7, 11) is 0. The first-order valence-corrected chi connectivity index (χ1v) is 11.4. The van der Waals surface area contributed by atoms with Gasteiger partial charge >= 0.3 is 0 Å². The average Bonchev–Trinajstić information content (AvgIpc) is 3.42.